The molecular weight excluding hydrogens is 384 g/mol. The van der Waals surface area contributed by atoms with Gasteiger partial charge in [0.25, 0.3) is 0 Å². The topological polar surface area (TPSA) is 36.3 Å². The molecule has 24 heavy (non-hydrogen) atoms. The third-order valence-electron chi connectivity index (χ3n) is 4.74. The average Bonchev–Trinajstić information content (AvgIpc) is 2.93. The van der Waals surface area contributed by atoms with Gasteiger partial charge in [-0.2, -0.15) is 5.10 Å². The lowest BCUT2D eigenvalue weighted by Gasteiger charge is -2.26. The second-order valence-electron chi connectivity index (χ2n) is 7.80. The molecule has 6 heteroatoms. The van der Waals surface area contributed by atoms with Gasteiger partial charge in [-0.25, -0.2) is 4.68 Å². The number of ether oxygens (including phenoxy) is 2. The van der Waals surface area contributed by atoms with Crippen LogP contribution in [0.25, 0.3) is 10.9 Å². The van der Waals surface area contributed by atoms with E-state index in [4.69, 9.17) is 9.47 Å². The van der Waals surface area contributed by atoms with E-state index in [1.807, 2.05) is 10.9 Å². The van der Waals surface area contributed by atoms with Gasteiger partial charge in [-0.1, -0.05) is 19.6 Å². The van der Waals surface area contributed by atoms with Crippen molar-refractivity contribution in [3.05, 3.63) is 27.9 Å². The van der Waals surface area contributed by atoms with Gasteiger partial charge in [0, 0.05) is 31.6 Å². The van der Waals surface area contributed by atoms with Gasteiger partial charge in [0.15, 0.2) is 0 Å². The first-order chi connectivity index (χ1) is 11.4. The van der Waals surface area contributed by atoms with Crippen molar-refractivity contribution in [3.8, 4) is 0 Å². The molecule has 132 valence electrons. The normalized spacial score (nSPS) is 18.1. The fraction of sp³-hybridized carbons (Fsp3) is 0.611. The van der Waals surface area contributed by atoms with Crippen molar-refractivity contribution < 1.29 is 9.47 Å². The van der Waals surface area contributed by atoms with Crippen LogP contribution in [0.3, 0.4) is 0 Å². The third-order valence-corrected chi connectivity index (χ3v) is 7.30. The standard InChI is InChI=1S/C18H27BrN2O2Si/c1-22-16-7-5-6-13-10-15-14(18(19)17(13)16)11-20-21(15)12-23-8-9-24(2,3)4/h10-11,16H,5-9,12H2,1-4H3/t16-/m0/s1. The second kappa shape index (κ2) is 7.28. The Kier molecular flexibility index (Phi) is 5.49. The summed E-state index contributed by atoms with van der Waals surface area (Å²) in [5.41, 5.74) is 3.82. The van der Waals surface area contributed by atoms with Crippen LogP contribution in [0.2, 0.25) is 25.7 Å². The summed E-state index contributed by atoms with van der Waals surface area (Å²) in [6.07, 6.45) is 5.48. The number of aromatic nitrogens is 2. The number of nitrogens with zero attached hydrogens (tertiary/aromatic N) is 2. The van der Waals surface area contributed by atoms with Gasteiger partial charge in [-0.3, -0.25) is 0 Å². The highest BCUT2D eigenvalue weighted by Crippen LogP contribution is 2.41. The maximum absolute atomic E-state index is 5.88. The largest absolute Gasteiger partial charge is 0.377 e. The summed E-state index contributed by atoms with van der Waals surface area (Å²) in [6.45, 7) is 8.45. The number of fused-ring (bicyclic) bond motifs is 2. The molecule has 0 unspecified atom stereocenters. The molecule has 3 rings (SSSR count). The first-order valence-corrected chi connectivity index (χ1v) is 13.2. The summed E-state index contributed by atoms with van der Waals surface area (Å²) in [4.78, 5) is 0. The smallest absolute Gasteiger partial charge is 0.139 e. The predicted octanol–water partition coefficient (Wildman–Crippen LogP) is 5.13. The Hall–Kier alpha value is -0.693. The minimum Gasteiger partial charge on any atom is -0.377 e. The Morgan fingerprint density at radius 1 is 1.38 bits per heavy atom. The number of halogens is 1. The van der Waals surface area contributed by atoms with E-state index in [2.05, 4.69) is 46.7 Å². The Bertz CT molecular complexity index is 724. The van der Waals surface area contributed by atoms with Crippen LogP contribution in [-0.4, -0.2) is 31.6 Å². The molecule has 2 aromatic rings. The van der Waals surface area contributed by atoms with E-state index in [0.717, 1.165) is 34.8 Å². The first-order valence-electron chi connectivity index (χ1n) is 8.68. The summed E-state index contributed by atoms with van der Waals surface area (Å²) in [5, 5.41) is 5.69. The Labute approximate surface area is 153 Å². The Balaban J connectivity index is 1.83. The summed E-state index contributed by atoms with van der Waals surface area (Å²) in [5.74, 6) is 0. The number of hydrogen-bond donors (Lipinski definition) is 0. The fourth-order valence-electron chi connectivity index (χ4n) is 3.29. The molecule has 0 spiro atoms. The quantitative estimate of drug-likeness (QED) is 0.488. The maximum atomic E-state index is 5.88. The van der Waals surface area contributed by atoms with Crippen LogP contribution in [0.4, 0.5) is 0 Å². The molecule has 1 aromatic heterocycles. The molecule has 1 aliphatic rings. The van der Waals surface area contributed by atoms with E-state index in [-0.39, 0.29) is 6.10 Å². The summed E-state index contributed by atoms with van der Waals surface area (Å²) in [6, 6.07) is 3.45. The van der Waals surface area contributed by atoms with Crippen molar-refractivity contribution in [1.82, 2.24) is 9.78 Å². The van der Waals surface area contributed by atoms with Gasteiger partial charge in [-0.05, 0) is 58.4 Å². The molecule has 0 aliphatic heterocycles. The van der Waals surface area contributed by atoms with E-state index in [1.165, 1.54) is 23.6 Å². The van der Waals surface area contributed by atoms with Crippen LogP contribution >= 0.6 is 15.9 Å². The lowest BCUT2D eigenvalue weighted by molar-refractivity contribution is 0.0815. The number of methoxy groups -OCH3 is 1. The number of rotatable bonds is 6. The lowest BCUT2D eigenvalue weighted by atomic mass is 9.88. The third kappa shape index (κ3) is 3.77. The highest BCUT2D eigenvalue weighted by Gasteiger charge is 2.25. The maximum Gasteiger partial charge on any atom is 0.139 e. The highest BCUT2D eigenvalue weighted by molar-refractivity contribution is 9.10. The van der Waals surface area contributed by atoms with Crippen LogP contribution in [0.1, 0.15) is 30.1 Å². The summed E-state index contributed by atoms with van der Waals surface area (Å²) < 4.78 is 14.7. The van der Waals surface area contributed by atoms with Crippen molar-refractivity contribution in [1.29, 1.82) is 0 Å². The van der Waals surface area contributed by atoms with Crippen LogP contribution in [0, 0.1) is 0 Å². The second-order valence-corrected chi connectivity index (χ2v) is 14.2. The molecule has 4 nitrogen and oxygen atoms in total. The van der Waals surface area contributed by atoms with Gasteiger partial charge in [0.1, 0.15) is 6.73 Å². The number of hydrogen-bond acceptors (Lipinski definition) is 3. The Morgan fingerprint density at radius 3 is 2.88 bits per heavy atom. The van der Waals surface area contributed by atoms with Crippen LogP contribution in [0.15, 0.2) is 16.7 Å². The Morgan fingerprint density at radius 2 is 2.17 bits per heavy atom. The van der Waals surface area contributed by atoms with Gasteiger partial charge in [0.05, 0.1) is 17.8 Å². The fourth-order valence-corrected chi connectivity index (χ4v) is 4.86. The van der Waals surface area contributed by atoms with Gasteiger partial charge < -0.3 is 9.47 Å². The molecule has 0 amide bonds. The summed E-state index contributed by atoms with van der Waals surface area (Å²) in [7, 11) is 0.748. The minimum atomic E-state index is -1.05. The van der Waals surface area contributed by atoms with E-state index in [9.17, 15) is 0 Å². The SMILES string of the molecule is CO[C@H]1CCCc2cc3c(cnn3COCC[Si](C)(C)C)c(Br)c21. The molecule has 1 aromatic carbocycles. The van der Waals surface area contributed by atoms with Crippen LogP contribution < -0.4 is 0 Å². The highest BCUT2D eigenvalue weighted by atomic mass is 79.9. The van der Waals surface area contributed by atoms with E-state index < -0.39 is 8.07 Å². The van der Waals surface area contributed by atoms with Crippen molar-refractivity contribution in [3.63, 3.8) is 0 Å². The van der Waals surface area contributed by atoms with Crippen molar-refractivity contribution in [2.75, 3.05) is 13.7 Å². The molecule has 0 fully saturated rings. The molecule has 1 heterocycles. The lowest BCUT2D eigenvalue weighted by Crippen LogP contribution is -2.22. The molecular formula is C18H27BrN2O2Si. The summed E-state index contributed by atoms with van der Waals surface area (Å²) >= 11 is 3.80. The zero-order valence-corrected chi connectivity index (χ0v) is 17.6. The van der Waals surface area contributed by atoms with E-state index >= 15 is 0 Å². The molecule has 0 N–H and O–H groups in total. The molecule has 0 saturated heterocycles. The van der Waals surface area contributed by atoms with Gasteiger partial charge in [-0.15, -0.1) is 0 Å². The monoisotopic (exact) mass is 410 g/mol. The predicted molar refractivity (Wildman–Crippen MR) is 104 cm³/mol. The molecule has 1 aliphatic carbocycles. The van der Waals surface area contributed by atoms with Gasteiger partial charge >= 0.3 is 0 Å². The van der Waals surface area contributed by atoms with Crippen molar-refractivity contribution in [2.24, 2.45) is 0 Å². The average molecular weight is 411 g/mol. The van der Waals surface area contributed by atoms with E-state index in [0.29, 0.717) is 6.73 Å². The molecule has 0 bridgehead atoms. The molecule has 0 saturated carbocycles. The molecule has 0 radical (unpaired) electrons. The van der Waals surface area contributed by atoms with Crippen molar-refractivity contribution >= 4 is 34.9 Å². The van der Waals surface area contributed by atoms with E-state index in [1.54, 1.807) is 7.11 Å². The van der Waals surface area contributed by atoms with Crippen LogP contribution in [0.5, 0.6) is 0 Å². The zero-order valence-electron chi connectivity index (χ0n) is 15.1. The number of aryl methyl sites for hydroxylation is 1. The zero-order chi connectivity index (χ0) is 17.3. The van der Waals surface area contributed by atoms with Crippen LogP contribution in [-0.2, 0) is 22.6 Å². The van der Waals surface area contributed by atoms with Gasteiger partial charge in [0.2, 0.25) is 0 Å². The number of benzene rings is 1. The first kappa shape index (κ1) is 18.1. The molecule has 1 atom stereocenters. The van der Waals surface area contributed by atoms with Crippen molar-refractivity contribution in [2.45, 2.75) is 57.8 Å². The minimum absolute atomic E-state index is 0.184.